The normalized spacial score (nSPS) is 9.42. The van der Waals surface area contributed by atoms with Crippen LogP contribution in [0.15, 0.2) is 47.5 Å². The third-order valence-corrected chi connectivity index (χ3v) is 3.08. The van der Waals surface area contributed by atoms with Gasteiger partial charge in [-0.05, 0) is 24.1 Å². The molecule has 2 aromatic rings. The van der Waals surface area contributed by atoms with Crippen LogP contribution in [-0.4, -0.2) is 30.1 Å². The molecule has 4 radical (unpaired) electrons. The molecular formula is C22H29NO2Sn. The van der Waals surface area contributed by atoms with Gasteiger partial charge in [-0.2, -0.15) is 0 Å². The van der Waals surface area contributed by atoms with Gasteiger partial charge < -0.3 is 10.2 Å². The van der Waals surface area contributed by atoms with E-state index in [-0.39, 0.29) is 35.4 Å². The summed E-state index contributed by atoms with van der Waals surface area (Å²) in [5.41, 5.74) is 1.80. The predicted molar refractivity (Wildman–Crippen MR) is 110 cm³/mol. The molecule has 0 aliphatic heterocycles. The van der Waals surface area contributed by atoms with Gasteiger partial charge in [0.25, 0.3) is 0 Å². The van der Waals surface area contributed by atoms with Crippen molar-refractivity contribution < 1.29 is 10.2 Å². The number of unbranched alkanes of at least 4 members (excludes halogenated alkanes) is 2. The Labute approximate surface area is 176 Å². The molecule has 0 aromatic heterocycles. The van der Waals surface area contributed by atoms with E-state index in [1.165, 1.54) is 31.2 Å². The predicted octanol–water partition coefficient (Wildman–Crippen LogP) is 4.75. The molecule has 138 valence electrons. The number of aryl methyl sites for hydroxylation is 1. The number of rotatable bonds is 4. The molecule has 3 nitrogen and oxygen atoms in total. The van der Waals surface area contributed by atoms with Gasteiger partial charge in [0.05, 0.1) is 5.69 Å². The van der Waals surface area contributed by atoms with Crippen LogP contribution in [0.1, 0.15) is 50.7 Å². The van der Waals surface area contributed by atoms with Crippen LogP contribution in [0.5, 0.6) is 11.5 Å². The molecule has 0 amide bonds. The van der Waals surface area contributed by atoms with Crippen molar-refractivity contribution in [2.24, 2.45) is 4.99 Å². The first-order valence-corrected chi connectivity index (χ1v) is 8.66. The molecule has 2 aromatic carbocycles. The van der Waals surface area contributed by atoms with E-state index in [9.17, 15) is 10.2 Å². The van der Waals surface area contributed by atoms with E-state index in [0.717, 1.165) is 18.4 Å². The molecule has 0 atom stereocenters. The van der Waals surface area contributed by atoms with E-state index in [2.05, 4.69) is 32.7 Å². The molecule has 0 bridgehead atoms. The Morgan fingerprint density at radius 2 is 1.46 bits per heavy atom. The van der Waals surface area contributed by atoms with Crippen LogP contribution < -0.4 is 10.2 Å². The van der Waals surface area contributed by atoms with Gasteiger partial charge in [0.1, 0.15) is 0 Å². The van der Waals surface area contributed by atoms with Gasteiger partial charge in [-0.3, -0.25) is 4.99 Å². The van der Waals surface area contributed by atoms with Gasteiger partial charge in [0.15, 0.2) is 0 Å². The summed E-state index contributed by atoms with van der Waals surface area (Å²) < 4.78 is 0. The topological polar surface area (TPSA) is 58.5 Å². The Morgan fingerprint density at radius 3 is 1.96 bits per heavy atom. The number of benzene rings is 2. The second-order valence-electron chi connectivity index (χ2n) is 5.47. The summed E-state index contributed by atoms with van der Waals surface area (Å²) in [5, 5.41) is 22.9. The summed E-state index contributed by atoms with van der Waals surface area (Å²) in [5.74, 6) is -0.244. The fourth-order valence-corrected chi connectivity index (χ4v) is 1.45. The number of para-hydroxylation sites is 1. The fourth-order valence-electron chi connectivity index (χ4n) is 1.45. The molecule has 0 aliphatic rings. The maximum atomic E-state index is 11.5. The van der Waals surface area contributed by atoms with Crippen LogP contribution in [-0.2, 0) is 0 Å². The smallest absolute Gasteiger partial charge is 0.872 e. The van der Waals surface area contributed by atoms with Crippen molar-refractivity contribution in [1.82, 2.24) is 0 Å². The largest absolute Gasteiger partial charge is 2.00 e. The quantitative estimate of drug-likeness (QED) is 0.491. The van der Waals surface area contributed by atoms with E-state index in [1.54, 1.807) is 30.3 Å². The number of hydrogen-bond donors (Lipinski definition) is 0. The van der Waals surface area contributed by atoms with Crippen LogP contribution in [0.25, 0.3) is 0 Å². The number of hydrogen-bond acceptors (Lipinski definition) is 3. The Kier molecular flexibility index (Phi) is 17.4. The molecule has 0 spiro atoms. The minimum absolute atomic E-state index is 0. The number of aliphatic imine (C=N–C) groups is 1. The van der Waals surface area contributed by atoms with Crippen LogP contribution in [0, 0.1) is 20.8 Å². The van der Waals surface area contributed by atoms with E-state index < -0.39 is 0 Å². The molecule has 2 rings (SSSR count). The maximum Gasteiger partial charge on any atom is 2.00 e. The molecule has 0 heterocycles. The van der Waals surface area contributed by atoms with Crippen molar-refractivity contribution in [2.75, 3.05) is 0 Å². The summed E-state index contributed by atoms with van der Waals surface area (Å²) in [6.45, 7) is 13.3. The van der Waals surface area contributed by atoms with Crippen molar-refractivity contribution in [3.8, 4) is 11.5 Å². The molecule has 0 saturated heterocycles. The van der Waals surface area contributed by atoms with Crippen molar-refractivity contribution in [1.29, 1.82) is 0 Å². The molecule has 4 heteroatoms. The number of nitrogens with zero attached hydrogens (tertiary/aromatic N) is 1. The molecule has 0 saturated carbocycles. The third kappa shape index (κ3) is 12.0. The van der Waals surface area contributed by atoms with E-state index in [0.29, 0.717) is 11.3 Å². The van der Waals surface area contributed by atoms with Crippen LogP contribution in [0.3, 0.4) is 0 Å². The summed E-state index contributed by atoms with van der Waals surface area (Å²) in [7, 11) is 0. The zero-order chi connectivity index (χ0) is 19.1. The van der Waals surface area contributed by atoms with Crippen LogP contribution in [0.4, 0.5) is 5.69 Å². The summed E-state index contributed by atoms with van der Waals surface area (Å²) in [6, 6.07) is 11.5. The Morgan fingerprint density at radius 1 is 0.923 bits per heavy atom. The minimum Gasteiger partial charge on any atom is -0.872 e. The first-order chi connectivity index (χ1) is 12.0. The second-order valence-corrected chi connectivity index (χ2v) is 5.47. The Hall–Kier alpha value is -1.49. The van der Waals surface area contributed by atoms with Crippen molar-refractivity contribution in [3.63, 3.8) is 0 Å². The molecule has 0 fully saturated rings. The Bertz CT molecular complexity index is 619. The zero-order valence-electron chi connectivity index (χ0n) is 16.1. The van der Waals surface area contributed by atoms with Crippen molar-refractivity contribution in [3.05, 3.63) is 67.4 Å². The molecular weight excluding hydrogens is 429 g/mol. The van der Waals surface area contributed by atoms with Crippen molar-refractivity contribution >= 4 is 35.8 Å². The standard InChI is InChI=1S/C14H13NO2.2C4H9.Sn/c1-10-6-7-14(17)12(8-10)15-9-11-4-2-3-5-13(11)16;2*1-3-4-2;/h2-9,16-17H,1H3;2*1,3-4H2,2H3;/q;;;+2/p-2. The molecule has 0 N–H and O–H groups in total. The van der Waals surface area contributed by atoms with Gasteiger partial charge in [0, 0.05) is 6.21 Å². The van der Waals surface area contributed by atoms with E-state index in [1.807, 2.05) is 6.92 Å². The van der Waals surface area contributed by atoms with Gasteiger partial charge in [-0.1, -0.05) is 95.5 Å². The molecule has 0 aliphatic carbocycles. The van der Waals surface area contributed by atoms with Gasteiger partial charge in [-0.15, -0.1) is 5.75 Å². The maximum absolute atomic E-state index is 11.5. The van der Waals surface area contributed by atoms with Crippen LogP contribution in [0.2, 0.25) is 0 Å². The van der Waals surface area contributed by atoms with Crippen LogP contribution >= 0.6 is 0 Å². The third-order valence-electron chi connectivity index (χ3n) is 3.08. The molecule has 0 unspecified atom stereocenters. The first-order valence-electron chi connectivity index (χ1n) is 8.66. The molecule has 26 heavy (non-hydrogen) atoms. The monoisotopic (exact) mass is 459 g/mol. The van der Waals surface area contributed by atoms with Gasteiger partial charge >= 0.3 is 23.9 Å². The first kappa shape index (κ1) is 26.7. The minimum atomic E-state index is -0.143. The fraction of sp³-hybridized carbons (Fsp3) is 0.318. The van der Waals surface area contributed by atoms with E-state index in [4.69, 9.17) is 0 Å². The summed E-state index contributed by atoms with van der Waals surface area (Å²) in [4.78, 5) is 4.06. The van der Waals surface area contributed by atoms with Gasteiger partial charge in [-0.25, -0.2) is 0 Å². The van der Waals surface area contributed by atoms with E-state index >= 15 is 0 Å². The zero-order valence-corrected chi connectivity index (χ0v) is 19.0. The average molecular weight is 458 g/mol. The Balaban J connectivity index is 0. The van der Waals surface area contributed by atoms with Crippen molar-refractivity contribution in [2.45, 2.75) is 46.5 Å². The second kappa shape index (κ2) is 16.9. The van der Waals surface area contributed by atoms with Gasteiger partial charge in [0.2, 0.25) is 0 Å². The summed E-state index contributed by atoms with van der Waals surface area (Å²) >= 11 is 0. The SMILES string of the molecule is Cc1ccc([O-])c(N=Cc2ccccc2[O-])c1.[CH2]CCC.[CH2]CCC.[Sn+2]. The average Bonchev–Trinajstić information content (AvgIpc) is 2.64. The summed E-state index contributed by atoms with van der Waals surface area (Å²) in [6.07, 6.45) is 5.98.